The van der Waals surface area contributed by atoms with Crippen LogP contribution in [-0.4, -0.2) is 98.5 Å². The molecule has 13 nitrogen and oxygen atoms in total. The number of halogens is 1. The van der Waals surface area contributed by atoms with Gasteiger partial charge in [0.1, 0.15) is 12.8 Å². The number of fused-ring (bicyclic) bond motifs is 4. The van der Waals surface area contributed by atoms with E-state index in [4.69, 9.17) is 29.4 Å². The molecule has 3 N–H and O–H groups in total. The molecule has 3 amide bonds. The quantitative estimate of drug-likeness (QED) is 0.142. The number of benzene rings is 2. The number of thiol groups is 1. The maximum absolute atomic E-state index is 14.0. The van der Waals surface area contributed by atoms with E-state index in [9.17, 15) is 18.8 Å². The summed E-state index contributed by atoms with van der Waals surface area (Å²) in [5.41, 5.74) is 6.90. The maximum atomic E-state index is 14.0. The summed E-state index contributed by atoms with van der Waals surface area (Å²) < 4.78 is 43.0. The van der Waals surface area contributed by atoms with Gasteiger partial charge in [-0.1, -0.05) is 41.2 Å². The van der Waals surface area contributed by atoms with Crippen LogP contribution in [0.2, 0.25) is 0 Å². The van der Waals surface area contributed by atoms with Gasteiger partial charge in [0.05, 0.1) is 56.8 Å². The van der Waals surface area contributed by atoms with Crippen LogP contribution in [0.5, 0.6) is 23.0 Å². The molecule has 6 rings (SSSR count). The van der Waals surface area contributed by atoms with E-state index in [0.717, 1.165) is 25.7 Å². The SMILES string of the molecule is C.CC.COc1cc2c(cc1OCCCCC(C)(C)CCOc1cc3c(cc1OC)C(=O)N1C=CCC1(N)[CH-]N3C(=O)OCCS)NCC1CC(F)CN1C2=O.[Rb+]. The second kappa shape index (κ2) is 21.6. The van der Waals surface area contributed by atoms with E-state index in [1.807, 2.05) is 13.8 Å². The van der Waals surface area contributed by atoms with Crippen LogP contribution in [0.15, 0.2) is 36.5 Å². The van der Waals surface area contributed by atoms with Crippen LogP contribution in [0.4, 0.5) is 20.6 Å². The van der Waals surface area contributed by atoms with E-state index < -0.39 is 17.9 Å². The minimum atomic E-state index is -1.25. The molecule has 16 heteroatoms. The van der Waals surface area contributed by atoms with Crippen LogP contribution in [-0.2, 0) is 4.74 Å². The summed E-state index contributed by atoms with van der Waals surface area (Å²) in [5.74, 6) is 1.49. The fourth-order valence-corrected chi connectivity index (χ4v) is 7.31. The Labute approximate surface area is 391 Å². The molecular formula is C41H59FN5O8RbS. The molecule has 4 aliphatic heterocycles. The number of alkyl halides is 1. The summed E-state index contributed by atoms with van der Waals surface area (Å²) >= 11 is 4.14. The van der Waals surface area contributed by atoms with Gasteiger partial charge >= 0.3 is 64.3 Å². The summed E-state index contributed by atoms with van der Waals surface area (Å²) in [6.45, 7) is 11.4. The smallest absolute Gasteiger partial charge is 0.493 e. The number of rotatable bonds is 14. The molecule has 0 aliphatic carbocycles. The molecular weight excluding hydrogens is 827 g/mol. The van der Waals surface area contributed by atoms with Gasteiger partial charge in [-0.15, -0.1) is 0 Å². The number of nitrogens with zero attached hydrogens (tertiary/aromatic N) is 3. The number of amides is 3. The minimum absolute atomic E-state index is 0. The first-order valence-electron chi connectivity index (χ1n) is 19.0. The average Bonchev–Trinajstić information content (AvgIpc) is 3.70. The zero-order valence-electron chi connectivity index (χ0n) is 33.7. The van der Waals surface area contributed by atoms with Crippen molar-refractivity contribution in [1.29, 1.82) is 0 Å². The Balaban J connectivity index is 0.00000214. The van der Waals surface area contributed by atoms with Crippen molar-refractivity contribution in [3.8, 4) is 23.0 Å². The first-order valence-corrected chi connectivity index (χ1v) is 19.6. The summed E-state index contributed by atoms with van der Waals surface area (Å²) in [7, 11) is 3.03. The standard InChI is InChI=1S/C38H49FN5O8S.C2H6.CH4.Rb/c1-37(2,8-5-6-12-50-32-19-28-26(17-30(32)48-3)34(45)42-22-24(39)16-25(42)21-41-28)10-13-51-33-20-29-27(18-31(33)49-4)35(46)44-11-7-9-38(44,40)23-43(29)36(47)52-14-15-53;1-2;;/h7,11,17-20,23-25,41,53H,5-6,8-10,12-16,21-22,40H2,1-4H3;1-2H3;1H4;/q-1;;;+1. The van der Waals surface area contributed by atoms with Crippen molar-refractivity contribution in [1.82, 2.24) is 9.80 Å². The molecule has 2 aromatic carbocycles. The third kappa shape index (κ3) is 11.2. The van der Waals surface area contributed by atoms with Crippen molar-refractivity contribution in [3.05, 3.63) is 54.2 Å². The fourth-order valence-electron chi connectivity index (χ4n) is 7.21. The van der Waals surface area contributed by atoms with E-state index >= 15 is 0 Å². The van der Waals surface area contributed by atoms with Gasteiger partial charge in [-0.25, -0.2) is 9.18 Å². The van der Waals surface area contributed by atoms with Crippen molar-refractivity contribution in [2.45, 2.75) is 91.5 Å². The molecule has 1 fully saturated rings. The number of carbonyl (C=O) groups excluding carboxylic acids is 3. The van der Waals surface area contributed by atoms with E-state index in [0.29, 0.717) is 72.6 Å². The van der Waals surface area contributed by atoms with Crippen molar-refractivity contribution in [2.75, 3.05) is 63.1 Å². The van der Waals surface area contributed by atoms with E-state index in [-0.39, 0.29) is 113 Å². The Morgan fingerprint density at radius 2 is 1.65 bits per heavy atom. The number of hydrogen-bond donors (Lipinski definition) is 3. The molecule has 310 valence electrons. The average molecular weight is 886 g/mol. The van der Waals surface area contributed by atoms with Gasteiger partial charge in [0.2, 0.25) is 0 Å². The molecule has 3 unspecified atom stereocenters. The number of nitrogens with one attached hydrogen (secondary N) is 1. The fraction of sp³-hybridized carbons (Fsp3) is 0.561. The molecule has 0 saturated carbocycles. The normalized spacial score (nSPS) is 20.5. The zero-order valence-corrected chi connectivity index (χ0v) is 39.5. The summed E-state index contributed by atoms with van der Waals surface area (Å²) in [5, 5.41) is 3.31. The van der Waals surface area contributed by atoms with Gasteiger partial charge in [0.25, 0.3) is 11.8 Å². The van der Waals surface area contributed by atoms with E-state index in [1.165, 1.54) is 30.6 Å². The predicted molar refractivity (Wildman–Crippen MR) is 219 cm³/mol. The number of anilines is 2. The minimum Gasteiger partial charge on any atom is -0.493 e. The van der Waals surface area contributed by atoms with Gasteiger partial charge in [0, 0.05) is 42.7 Å². The van der Waals surface area contributed by atoms with E-state index in [2.05, 4.69) is 31.8 Å². The monoisotopic (exact) mass is 885 g/mol. The number of ether oxygens (including phenoxy) is 5. The summed E-state index contributed by atoms with van der Waals surface area (Å²) in [6, 6.07) is 6.48. The van der Waals surface area contributed by atoms with Crippen LogP contribution in [0.3, 0.4) is 0 Å². The van der Waals surface area contributed by atoms with Gasteiger partial charge in [-0.3, -0.25) is 9.59 Å². The Kier molecular flexibility index (Phi) is 18.5. The van der Waals surface area contributed by atoms with Crippen molar-refractivity contribution in [2.24, 2.45) is 11.1 Å². The van der Waals surface area contributed by atoms with Crippen LogP contribution in [0.1, 0.15) is 94.4 Å². The van der Waals surface area contributed by atoms with Crippen LogP contribution >= 0.6 is 12.6 Å². The molecule has 3 atom stereocenters. The second-order valence-corrected chi connectivity index (χ2v) is 15.0. The number of methoxy groups -OCH3 is 2. The molecule has 4 heterocycles. The Bertz CT molecular complexity index is 1750. The first kappa shape index (κ1) is 48.8. The predicted octanol–water partition coefficient (Wildman–Crippen LogP) is 4.46. The van der Waals surface area contributed by atoms with Crippen molar-refractivity contribution >= 4 is 41.9 Å². The van der Waals surface area contributed by atoms with Gasteiger partial charge in [0.15, 0.2) is 23.0 Å². The van der Waals surface area contributed by atoms with Gasteiger partial charge in [-0.05, 0) is 55.3 Å². The Morgan fingerprint density at radius 1 is 0.982 bits per heavy atom. The molecule has 0 aromatic heterocycles. The van der Waals surface area contributed by atoms with Gasteiger partial charge < -0.3 is 49.4 Å². The molecule has 0 spiro atoms. The molecule has 57 heavy (non-hydrogen) atoms. The molecule has 1 saturated heterocycles. The molecule has 0 radical (unpaired) electrons. The number of carbonyl (C=O) groups is 3. The molecule has 4 aliphatic rings. The first-order chi connectivity index (χ1) is 26.4. The van der Waals surface area contributed by atoms with Crippen molar-refractivity contribution < 1.29 is 101 Å². The zero-order chi connectivity index (χ0) is 39.9. The third-order valence-corrected chi connectivity index (χ3v) is 10.4. The summed E-state index contributed by atoms with van der Waals surface area (Å²) in [6.07, 6.45) is 5.69. The van der Waals surface area contributed by atoms with Crippen LogP contribution in [0, 0.1) is 12.0 Å². The van der Waals surface area contributed by atoms with Gasteiger partial charge in [-0.2, -0.15) is 19.2 Å². The third-order valence-electron chi connectivity index (χ3n) is 10.2. The van der Waals surface area contributed by atoms with Crippen LogP contribution in [0.25, 0.3) is 0 Å². The topological polar surface area (TPSA) is 145 Å². The van der Waals surface area contributed by atoms with Crippen LogP contribution < -0.4 is 93.1 Å². The van der Waals surface area contributed by atoms with E-state index in [1.54, 1.807) is 41.4 Å². The molecule has 0 bridgehead atoms. The Morgan fingerprint density at radius 3 is 2.33 bits per heavy atom. The largest absolute Gasteiger partial charge is 1.00 e. The summed E-state index contributed by atoms with van der Waals surface area (Å²) in [4.78, 5) is 44.3. The second-order valence-electron chi connectivity index (χ2n) is 14.6. The molecule has 2 aromatic rings. The maximum Gasteiger partial charge on any atom is 1.00 e. The number of unbranched alkanes of at least 4 members (excludes halogenated alkanes) is 1. The number of hydrogen-bond acceptors (Lipinski definition) is 11. The number of nitrogens with two attached hydrogens (primary N) is 1. The van der Waals surface area contributed by atoms with Crippen molar-refractivity contribution in [3.63, 3.8) is 0 Å². The Hall–Kier alpha value is -2.56.